The van der Waals surface area contributed by atoms with Crippen molar-refractivity contribution in [3.05, 3.63) is 51.1 Å². The number of piperazine rings is 1. The summed E-state index contributed by atoms with van der Waals surface area (Å²) < 4.78 is 2.04. The quantitative estimate of drug-likeness (QED) is 0.576. The lowest BCUT2D eigenvalue weighted by atomic mass is 9.93. The van der Waals surface area contributed by atoms with Gasteiger partial charge in [0.1, 0.15) is 6.04 Å². The molecule has 3 aliphatic rings. The summed E-state index contributed by atoms with van der Waals surface area (Å²) in [6.45, 7) is 8.08. The van der Waals surface area contributed by atoms with E-state index in [0.717, 1.165) is 72.9 Å². The second-order valence-corrected chi connectivity index (χ2v) is 11.2. The molecule has 3 heterocycles. The summed E-state index contributed by atoms with van der Waals surface area (Å²) in [5.74, 6) is 0.821. The lowest BCUT2D eigenvalue weighted by Crippen LogP contribution is -2.52. The third kappa shape index (κ3) is 4.39. The van der Waals surface area contributed by atoms with Gasteiger partial charge in [0.15, 0.2) is 5.82 Å². The van der Waals surface area contributed by atoms with E-state index < -0.39 is 0 Å². The Morgan fingerprint density at radius 1 is 0.917 bits per heavy atom. The van der Waals surface area contributed by atoms with Crippen LogP contribution < -0.4 is 5.56 Å². The molecule has 1 atom stereocenters. The zero-order valence-electron chi connectivity index (χ0n) is 21.7. The first-order valence-corrected chi connectivity index (χ1v) is 14.0. The smallest absolute Gasteiger partial charge is 0.253 e. The minimum absolute atomic E-state index is 0.0307. The normalized spacial score (nSPS) is 21.9. The van der Waals surface area contributed by atoms with Gasteiger partial charge in [0.05, 0.1) is 11.6 Å². The molecule has 0 unspecified atom stereocenters. The Balaban J connectivity index is 1.38. The number of aromatic amines is 1. The molecule has 1 aliphatic heterocycles. The van der Waals surface area contributed by atoms with Crippen LogP contribution in [0.3, 0.4) is 0 Å². The number of aromatic nitrogens is 5. The number of benzene rings is 1. The standard InChI is InChI=1S/C28H39N7O/c1-19-12-13-21-18-24(28(36)29-25(21)20(19)2)26(27-30-31-32-35(27)23-10-6-7-11-23)34-16-14-33(15-17-34)22-8-4-3-5-9-22/h12-13,18,22-23,26H,3-11,14-17H2,1-2H3,(H,29,36)/t26-/m1/s1. The van der Waals surface area contributed by atoms with Crippen molar-refractivity contribution in [2.24, 2.45) is 0 Å². The number of hydrogen-bond acceptors (Lipinski definition) is 6. The average Bonchev–Trinajstić information content (AvgIpc) is 3.61. The van der Waals surface area contributed by atoms with Gasteiger partial charge in [0.2, 0.25) is 0 Å². The molecule has 0 bridgehead atoms. The topological polar surface area (TPSA) is 82.9 Å². The van der Waals surface area contributed by atoms with Crippen LogP contribution in [0.1, 0.15) is 92.4 Å². The zero-order chi connectivity index (χ0) is 24.6. The van der Waals surface area contributed by atoms with Crippen molar-refractivity contribution in [3.63, 3.8) is 0 Å². The molecular formula is C28H39N7O. The largest absolute Gasteiger partial charge is 0.321 e. The van der Waals surface area contributed by atoms with E-state index in [9.17, 15) is 4.79 Å². The average molecular weight is 490 g/mol. The summed E-state index contributed by atoms with van der Waals surface area (Å²) in [6.07, 6.45) is 11.4. The van der Waals surface area contributed by atoms with E-state index in [1.807, 2.05) is 4.68 Å². The fraction of sp³-hybridized carbons (Fsp3) is 0.643. The first-order valence-electron chi connectivity index (χ1n) is 14.0. The van der Waals surface area contributed by atoms with Crippen LogP contribution in [0.4, 0.5) is 0 Å². The van der Waals surface area contributed by atoms with Crippen LogP contribution in [0.15, 0.2) is 23.0 Å². The lowest BCUT2D eigenvalue weighted by molar-refractivity contribution is 0.0613. The van der Waals surface area contributed by atoms with Gasteiger partial charge in [-0.1, -0.05) is 44.2 Å². The van der Waals surface area contributed by atoms with Crippen LogP contribution in [0.5, 0.6) is 0 Å². The molecule has 192 valence electrons. The number of rotatable bonds is 5. The zero-order valence-corrected chi connectivity index (χ0v) is 21.7. The molecule has 36 heavy (non-hydrogen) atoms. The van der Waals surface area contributed by atoms with Crippen molar-refractivity contribution in [2.75, 3.05) is 26.2 Å². The summed E-state index contributed by atoms with van der Waals surface area (Å²) in [6, 6.07) is 7.15. The second-order valence-electron chi connectivity index (χ2n) is 11.2. The molecule has 2 aromatic heterocycles. The summed E-state index contributed by atoms with van der Waals surface area (Å²) in [5.41, 5.74) is 3.97. The minimum atomic E-state index is -0.246. The van der Waals surface area contributed by atoms with Gasteiger partial charge in [-0.05, 0) is 72.5 Å². The Kier molecular flexibility index (Phi) is 6.65. The van der Waals surface area contributed by atoms with E-state index in [2.05, 4.69) is 62.4 Å². The number of nitrogens with zero attached hydrogens (tertiary/aromatic N) is 6. The Bertz CT molecular complexity index is 1260. The van der Waals surface area contributed by atoms with E-state index in [1.165, 1.54) is 50.5 Å². The van der Waals surface area contributed by atoms with Crippen LogP contribution in [0.25, 0.3) is 10.9 Å². The van der Waals surface area contributed by atoms with Gasteiger partial charge < -0.3 is 4.98 Å². The monoisotopic (exact) mass is 489 g/mol. The molecule has 3 fully saturated rings. The summed E-state index contributed by atoms with van der Waals surface area (Å²) in [4.78, 5) is 22.0. The highest BCUT2D eigenvalue weighted by Gasteiger charge is 2.36. The highest BCUT2D eigenvalue weighted by molar-refractivity contribution is 5.83. The number of tetrazole rings is 1. The number of hydrogen-bond donors (Lipinski definition) is 1. The molecule has 0 amide bonds. The van der Waals surface area contributed by atoms with Crippen LogP contribution in [0.2, 0.25) is 0 Å². The van der Waals surface area contributed by atoms with Crippen molar-refractivity contribution in [1.29, 1.82) is 0 Å². The van der Waals surface area contributed by atoms with Gasteiger partial charge in [-0.2, -0.15) is 0 Å². The first-order chi connectivity index (χ1) is 17.6. The Morgan fingerprint density at radius 2 is 1.61 bits per heavy atom. The maximum Gasteiger partial charge on any atom is 0.253 e. The fourth-order valence-corrected chi connectivity index (χ4v) is 6.84. The van der Waals surface area contributed by atoms with Gasteiger partial charge in [-0.3, -0.25) is 14.6 Å². The van der Waals surface area contributed by atoms with E-state index in [4.69, 9.17) is 0 Å². The molecular weight excluding hydrogens is 450 g/mol. The molecule has 0 spiro atoms. The second kappa shape index (κ2) is 10.1. The highest BCUT2D eigenvalue weighted by Crippen LogP contribution is 2.35. The minimum Gasteiger partial charge on any atom is -0.321 e. The Hall–Kier alpha value is -2.58. The van der Waals surface area contributed by atoms with Crippen LogP contribution in [-0.2, 0) is 0 Å². The molecule has 2 aliphatic carbocycles. The molecule has 1 aromatic carbocycles. The number of H-pyrrole nitrogens is 1. The number of fused-ring (bicyclic) bond motifs is 1. The van der Waals surface area contributed by atoms with E-state index in [-0.39, 0.29) is 11.6 Å². The highest BCUT2D eigenvalue weighted by atomic mass is 16.1. The van der Waals surface area contributed by atoms with Gasteiger partial charge in [0, 0.05) is 37.8 Å². The molecule has 2 saturated carbocycles. The third-order valence-electron chi connectivity index (χ3n) is 9.11. The summed E-state index contributed by atoms with van der Waals surface area (Å²) in [5, 5.41) is 14.2. The molecule has 8 nitrogen and oxygen atoms in total. The molecule has 1 N–H and O–H groups in total. The molecule has 6 rings (SSSR count). The van der Waals surface area contributed by atoms with Gasteiger partial charge in [-0.25, -0.2) is 4.68 Å². The van der Waals surface area contributed by atoms with Crippen molar-refractivity contribution in [2.45, 2.75) is 89.8 Å². The summed E-state index contributed by atoms with van der Waals surface area (Å²) in [7, 11) is 0. The first kappa shape index (κ1) is 23.8. The molecule has 1 saturated heterocycles. The van der Waals surface area contributed by atoms with Crippen LogP contribution >= 0.6 is 0 Å². The molecule has 0 radical (unpaired) electrons. The van der Waals surface area contributed by atoms with E-state index >= 15 is 0 Å². The lowest BCUT2D eigenvalue weighted by Gasteiger charge is -2.43. The molecule has 3 aromatic rings. The maximum absolute atomic E-state index is 13.6. The number of aryl methyl sites for hydroxylation is 2. The van der Waals surface area contributed by atoms with Gasteiger partial charge in [-0.15, -0.1) is 5.10 Å². The Labute approximate surface area is 213 Å². The van der Waals surface area contributed by atoms with Crippen molar-refractivity contribution in [3.8, 4) is 0 Å². The van der Waals surface area contributed by atoms with E-state index in [0.29, 0.717) is 6.04 Å². The van der Waals surface area contributed by atoms with Gasteiger partial charge >= 0.3 is 0 Å². The van der Waals surface area contributed by atoms with Crippen molar-refractivity contribution >= 4 is 10.9 Å². The molecule has 8 heteroatoms. The number of pyridine rings is 1. The Morgan fingerprint density at radius 3 is 2.36 bits per heavy atom. The van der Waals surface area contributed by atoms with Crippen molar-refractivity contribution in [1.82, 2.24) is 35.0 Å². The fourth-order valence-electron chi connectivity index (χ4n) is 6.84. The van der Waals surface area contributed by atoms with Crippen molar-refractivity contribution < 1.29 is 0 Å². The summed E-state index contributed by atoms with van der Waals surface area (Å²) >= 11 is 0. The van der Waals surface area contributed by atoms with Crippen LogP contribution in [0, 0.1) is 13.8 Å². The van der Waals surface area contributed by atoms with E-state index in [1.54, 1.807) is 0 Å². The SMILES string of the molecule is Cc1ccc2cc([C@H](c3nnnn3C3CCCC3)N3CCN(C4CCCCC4)CC3)c(=O)[nH]c2c1C. The maximum atomic E-state index is 13.6. The number of nitrogens with one attached hydrogen (secondary N) is 1. The third-order valence-corrected chi connectivity index (χ3v) is 9.11. The van der Waals surface area contributed by atoms with Crippen LogP contribution in [-0.4, -0.2) is 67.2 Å². The van der Waals surface area contributed by atoms with Gasteiger partial charge in [0.25, 0.3) is 5.56 Å². The predicted octanol–water partition coefficient (Wildman–Crippen LogP) is 4.29. The predicted molar refractivity (Wildman–Crippen MR) is 141 cm³/mol.